The van der Waals surface area contributed by atoms with E-state index in [0.717, 1.165) is 67.2 Å². The van der Waals surface area contributed by atoms with E-state index in [0.29, 0.717) is 17.9 Å². The van der Waals surface area contributed by atoms with Crippen LogP contribution < -0.4 is 15.8 Å². The monoisotopic (exact) mass is 491 g/mol. The maximum Gasteiger partial charge on any atom is 0.222 e. The van der Waals surface area contributed by atoms with E-state index < -0.39 is 0 Å². The number of hydrogen-bond acceptors (Lipinski definition) is 8. The molecular weight excluding hydrogens is 454 g/mol. The fourth-order valence-electron chi connectivity index (χ4n) is 6.54. The zero-order valence-electron chi connectivity index (χ0n) is 21.1. The number of nitrogens with one attached hydrogen (secondary N) is 1. The number of aliphatic hydroxyl groups is 1. The summed E-state index contributed by atoms with van der Waals surface area (Å²) < 4.78 is 7.73. The van der Waals surface area contributed by atoms with Crippen LogP contribution >= 0.6 is 0 Å². The molecular formula is C27H37N7O2. The molecule has 9 nitrogen and oxygen atoms in total. The summed E-state index contributed by atoms with van der Waals surface area (Å²) in [6.07, 6.45) is 10.1. The molecule has 3 heterocycles. The molecule has 0 bridgehead atoms. The lowest BCUT2D eigenvalue weighted by Gasteiger charge is -2.58. The van der Waals surface area contributed by atoms with Crippen molar-refractivity contribution in [2.45, 2.75) is 64.1 Å². The van der Waals surface area contributed by atoms with Crippen LogP contribution in [0.2, 0.25) is 0 Å². The summed E-state index contributed by atoms with van der Waals surface area (Å²) in [5, 5.41) is 17.8. The first-order chi connectivity index (χ1) is 17.5. The molecule has 1 aliphatic heterocycles. The normalized spacial score (nSPS) is 20.4. The quantitative estimate of drug-likeness (QED) is 0.439. The Morgan fingerprint density at radius 1 is 1.14 bits per heavy atom. The SMILES string of the molecule is COc1cc(CN2CC3(CC(O)C3)C2)ccc1Cn1ncc2nc(N)nc(NCC3CCCCC3)c21. The van der Waals surface area contributed by atoms with E-state index in [4.69, 9.17) is 10.5 Å². The number of nitrogens with two attached hydrogens (primary N) is 1. The van der Waals surface area contributed by atoms with Crippen molar-refractivity contribution >= 4 is 22.8 Å². The number of methoxy groups -OCH3 is 1. The molecule has 1 aromatic carbocycles. The standard InChI is InChI=1S/C27H37N7O2/c1-36-23-9-19(14-33-16-27(17-33)10-21(35)11-27)7-8-20(23)15-34-24-22(13-30-34)31-26(28)32-25(24)29-12-18-5-3-2-4-6-18/h7-9,13,18,21,35H,2-6,10-12,14-17H2,1H3,(H3,28,29,31,32). The average molecular weight is 492 g/mol. The molecule has 3 aliphatic rings. The van der Waals surface area contributed by atoms with Gasteiger partial charge in [-0.3, -0.25) is 9.58 Å². The van der Waals surface area contributed by atoms with Gasteiger partial charge in [0.2, 0.25) is 5.95 Å². The van der Waals surface area contributed by atoms with Crippen LogP contribution in [-0.4, -0.2) is 62.6 Å². The van der Waals surface area contributed by atoms with Gasteiger partial charge in [0.1, 0.15) is 16.8 Å². The smallest absolute Gasteiger partial charge is 0.222 e. The second-order valence-electron chi connectivity index (χ2n) is 11.2. The number of aromatic nitrogens is 4. The Morgan fingerprint density at radius 3 is 2.69 bits per heavy atom. The van der Waals surface area contributed by atoms with Gasteiger partial charge in [-0.1, -0.05) is 31.4 Å². The summed E-state index contributed by atoms with van der Waals surface area (Å²) in [4.78, 5) is 11.4. The summed E-state index contributed by atoms with van der Waals surface area (Å²) in [6.45, 7) is 4.51. The second-order valence-corrected chi connectivity index (χ2v) is 11.2. The van der Waals surface area contributed by atoms with Crippen LogP contribution in [0.3, 0.4) is 0 Å². The van der Waals surface area contributed by atoms with Crippen LogP contribution in [0, 0.1) is 11.3 Å². The highest BCUT2D eigenvalue weighted by Crippen LogP contribution is 2.48. The largest absolute Gasteiger partial charge is 0.496 e. The van der Waals surface area contributed by atoms with Crippen LogP contribution in [0.25, 0.3) is 11.0 Å². The van der Waals surface area contributed by atoms with Gasteiger partial charge >= 0.3 is 0 Å². The Labute approximate surface area is 212 Å². The topological polar surface area (TPSA) is 114 Å². The van der Waals surface area contributed by atoms with Gasteiger partial charge in [0.05, 0.1) is 26.0 Å². The summed E-state index contributed by atoms with van der Waals surface area (Å²) in [5.41, 5.74) is 10.3. The number of nitrogen functional groups attached to an aromatic ring is 1. The van der Waals surface area contributed by atoms with E-state index in [1.165, 1.54) is 37.7 Å². The molecule has 0 radical (unpaired) electrons. The van der Waals surface area contributed by atoms with E-state index in [9.17, 15) is 5.11 Å². The fraction of sp³-hybridized carbons (Fsp3) is 0.593. The van der Waals surface area contributed by atoms with Crippen LogP contribution in [0.1, 0.15) is 56.1 Å². The average Bonchev–Trinajstić information content (AvgIpc) is 3.24. The van der Waals surface area contributed by atoms with Crippen molar-refractivity contribution in [2.75, 3.05) is 37.8 Å². The van der Waals surface area contributed by atoms with Gasteiger partial charge in [-0.15, -0.1) is 0 Å². The van der Waals surface area contributed by atoms with Gasteiger partial charge in [-0.05, 0) is 43.2 Å². The number of anilines is 2. The minimum Gasteiger partial charge on any atom is -0.496 e. The molecule has 2 aliphatic carbocycles. The van der Waals surface area contributed by atoms with E-state index in [1.54, 1.807) is 13.3 Å². The first kappa shape index (κ1) is 23.5. The molecule has 36 heavy (non-hydrogen) atoms. The number of nitrogens with zero attached hydrogens (tertiary/aromatic N) is 5. The third-order valence-electron chi connectivity index (χ3n) is 8.32. The Hall–Kier alpha value is -2.91. The highest BCUT2D eigenvalue weighted by atomic mass is 16.5. The molecule has 3 fully saturated rings. The Morgan fingerprint density at radius 2 is 1.94 bits per heavy atom. The van der Waals surface area contributed by atoms with E-state index in [2.05, 4.69) is 43.5 Å². The predicted molar refractivity (Wildman–Crippen MR) is 140 cm³/mol. The number of likely N-dealkylation sites (tertiary alicyclic amines) is 1. The van der Waals surface area contributed by atoms with Crippen molar-refractivity contribution in [3.05, 3.63) is 35.5 Å². The maximum absolute atomic E-state index is 9.66. The van der Waals surface area contributed by atoms with Crippen molar-refractivity contribution < 1.29 is 9.84 Å². The van der Waals surface area contributed by atoms with Crippen LogP contribution in [0.4, 0.5) is 11.8 Å². The molecule has 4 N–H and O–H groups in total. The van der Waals surface area contributed by atoms with Crippen molar-refractivity contribution in [1.82, 2.24) is 24.6 Å². The predicted octanol–water partition coefficient (Wildman–Crippen LogP) is 3.41. The molecule has 1 spiro atoms. The first-order valence-electron chi connectivity index (χ1n) is 13.3. The number of rotatable bonds is 8. The van der Waals surface area contributed by atoms with E-state index in [1.807, 2.05) is 4.68 Å². The molecule has 0 atom stereocenters. The molecule has 3 aromatic rings. The number of ether oxygens (including phenoxy) is 1. The first-order valence-corrected chi connectivity index (χ1v) is 13.3. The molecule has 0 unspecified atom stereocenters. The lowest BCUT2D eigenvalue weighted by molar-refractivity contribution is -0.131. The van der Waals surface area contributed by atoms with Crippen molar-refractivity contribution in [2.24, 2.45) is 11.3 Å². The lowest BCUT2D eigenvalue weighted by atomic mass is 9.62. The number of fused-ring (bicyclic) bond motifs is 1. The minimum atomic E-state index is -0.0882. The molecule has 6 rings (SSSR count). The zero-order valence-corrected chi connectivity index (χ0v) is 21.1. The summed E-state index contributed by atoms with van der Waals surface area (Å²) >= 11 is 0. The second kappa shape index (κ2) is 9.52. The Bertz CT molecular complexity index is 1220. The van der Waals surface area contributed by atoms with Crippen molar-refractivity contribution in [3.63, 3.8) is 0 Å². The van der Waals surface area contributed by atoms with Crippen LogP contribution in [-0.2, 0) is 13.1 Å². The van der Waals surface area contributed by atoms with Gasteiger partial charge in [-0.25, -0.2) is 4.98 Å². The third-order valence-corrected chi connectivity index (χ3v) is 8.32. The molecule has 2 aromatic heterocycles. The van der Waals surface area contributed by atoms with Gasteiger partial charge in [0, 0.05) is 37.2 Å². The molecule has 1 saturated heterocycles. The molecule has 9 heteroatoms. The summed E-state index contributed by atoms with van der Waals surface area (Å²) in [6, 6.07) is 6.46. The van der Waals surface area contributed by atoms with Crippen molar-refractivity contribution in [3.8, 4) is 5.75 Å². The van der Waals surface area contributed by atoms with E-state index in [-0.39, 0.29) is 12.1 Å². The van der Waals surface area contributed by atoms with Crippen LogP contribution in [0.5, 0.6) is 5.75 Å². The summed E-state index contributed by atoms with van der Waals surface area (Å²) in [5.74, 6) is 2.55. The Kier molecular flexibility index (Phi) is 6.21. The van der Waals surface area contributed by atoms with E-state index >= 15 is 0 Å². The van der Waals surface area contributed by atoms with Gasteiger partial charge in [0.25, 0.3) is 0 Å². The number of hydrogen-bond donors (Lipinski definition) is 3. The highest BCUT2D eigenvalue weighted by molar-refractivity contribution is 5.86. The highest BCUT2D eigenvalue weighted by Gasteiger charge is 2.51. The Balaban J connectivity index is 1.18. The van der Waals surface area contributed by atoms with Crippen LogP contribution in [0.15, 0.2) is 24.4 Å². The third kappa shape index (κ3) is 4.62. The maximum atomic E-state index is 9.66. The summed E-state index contributed by atoms with van der Waals surface area (Å²) in [7, 11) is 1.72. The number of benzene rings is 1. The van der Waals surface area contributed by atoms with Gasteiger partial charge < -0.3 is 20.9 Å². The van der Waals surface area contributed by atoms with Gasteiger partial charge in [0.15, 0.2) is 5.82 Å². The van der Waals surface area contributed by atoms with Crippen molar-refractivity contribution in [1.29, 1.82) is 0 Å². The molecule has 0 amide bonds. The zero-order chi connectivity index (χ0) is 24.7. The van der Waals surface area contributed by atoms with Gasteiger partial charge in [-0.2, -0.15) is 10.1 Å². The number of aliphatic hydroxyl groups excluding tert-OH is 1. The molecule has 2 saturated carbocycles. The fourth-order valence-corrected chi connectivity index (χ4v) is 6.54. The minimum absolute atomic E-state index is 0.0882. The lowest BCUT2D eigenvalue weighted by Crippen LogP contribution is -2.63. The molecule has 192 valence electrons.